The molecule has 0 radical (unpaired) electrons. The van der Waals surface area contributed by atoms with Gasteiger partial charge in [0, 0.05) is 0 Å². The molecule has 1 unspecified atom stereocenters. The lowest BCUT2D eigenvalue weighted by Crippen LogP contribution is -2.16. The van der Waals surface area contributed by atoms with Crippen molar-refractivity contribution in [1.82, 2.24) is 0 Å². The molecule has 0 spiro atoms. The number of carbonyl (C=O) groups is 1. The van der Waals surface area contributed by atoms with E-state index >= 15 is 0 Å². The first-order valence-electron chi connectivity index (χ1n) is 3.65. The SMILES string of the molecule is O=C(O)[C@H](OS(=O)[O-])c1ccccc1. The Kier molecular flexibility index (Phi) is 3.75. The molecule has 1 aromatic rings. The Bertz CT molecular complexity index is 337. The molecule has 2 atom stereocenters. The lowest BCUT2D eigenvalue weighted by atomic mass is 10.1. The lowest BCUT2D eigenvalue weighted by molar-refractivity contribution is -0.145. The molecule has 0 amide bonds. The van der Waals surface area contributed by atoms with E-state index in [4.69, 9.17) is 5.11 Å². The average molecular weight is 215 g/mol. The van der Waals surface area contributed by atoms with Crippen LogP contribution < -0.4 is 0 Å². The molecule has 1 rings (SSSR count). The summed E-state index contributed by atoms with van der Waals surface area (Å²) in [5.74, 6) is -1.35. The monoisotopic (exact) mass is 215 g/mol. The third-order valence-corrected chi connectivity index (χ3v) is 1.85. The molecule has 14 heavy (non-hydrogen) atoms. The van der Waals surface area contributed by atoms with E-state index in [-0.39, 0.29) is 5.56 Å². The summed E-state index contributed by atoms with van der Waals surface area (Å²) in [6.45, 7) is 0. The minimum atomic E-state index is -2.85. The number of carboxylic acids is 1. The molecule has 0 fully saturated rings. The third-order valence-electron chi connectivity index (χ3n) is 1.50. The Labute approximate surface area is 82.8 Å². The highest BCUT2D eigenvalue weighted by Gasteiger charge is 2.20. The largest absolute Gasteiger partial charge is 0.750 e. The number of hydrogen-bond acceptors (Lipinski definition) is 4. The molecular weight excluding hydrogens is 208 g/mol. The molecule has 6 heteroatoms. The molecule has 0 heterocycles. The van der Waals surface area contributed by atoms with E-state index in [1.54, 1.807) is 18.2 Å². The number of hydrogen-bond donors (Lipinski definition) is 1. The van der Waals surface area contributed by atoms with E-state index in [1.807, 2.05) is 0 Å². The summed E-state index contributed by atoms with van der Waals surface area (Å²) >= 11 is -2.85. The summed E-state index contributed by atoms with van der Waals surface area (Å²) in [6, 6.07) is 7.85. The Morgan fingerprint density at radius 1 is 1.43 bits per heavy atom. The third kappa shape index (κ3) is 2.91. The summed E-state index contributed by atoms with van der Waals surface area (Å²) in [5, 5.41) is 8.68. The maximum atomic E-state index is 10.6. The van der Waals surface area contributed by atoms with Gasteiger partial charge in [0.25, 0.3) is 0 Å². The van der Waals surface area contributed by atoms with Crippen molar-refractivity contribution in [3.8, 4) is 0 Å². The quantitative estimate of drug-likeness (QED) is 0.744. The van der Waals surface area contributed by atoms with Crippen molar-refractivity contribution >= 4 is 17.3 Å². The fraction of sp³-hybridized carbons (Fsp3) is 0.125. The summed E-state index contributed by atoms with van der Waals surface area (Å²) in [7, 11) is 0. The van der Waals surface area contributed by atoms with Crippen LogP contribution in [0.5, 0.6) is 0 Å². The molecule has 0 aromatic heterocycles. The predicted molar refractivity (Wildman–Crippen MR) is 46.8 cm³/mol. The van der Waals surface area contributed by atoms with Crippen molar-refractivity contribution in [3.05, 3.63) is 35.9 Å². The summed E-state index contributed by atoms with van der Waals surface area (Å²) < 4.78 is 24.6. The number of carboxylic acid groups (broad SMARTS) is 1. The van der Waals surface area contributed by atoms with Crippen molar-refractivity contribution < 1.29 is 22.8 Å². The molecule has 1 aromatic carbocycles. The highest BCUT2D eigenvalue weighted by Crippen LogP contribution is 2.17. The van der Waals surface area contributed by atoms with Crippen LogP contribution in [0.25, 0.3) is 0 Å². The van der Waals surface area contributed by atoms with Crippen molar-refractivity contribution in [1.29, 1.82) is 0 Å². The zero-order valence-corrected chi connectivity index (χ0v) is 7.77. The summed E-state index contributed by atoms with van der Waals surface area (Å²) in [4.78, 5) is 10.6. The number of aliphatic carboxylic acids is 1. The Balaban J connectivity index is 2.89. The standard InChI is InChI=1S/C8H8O5S/c9-8(10)7(13-14(11)12)6-4-2-1-3-5-6/h1-5,7H,(H,9,10)(H,11,12)/p-1/t7-/m1/s1. The van der Waals surface area contributed by atoms with Crippen molar-refractivity contribution in [2.75, 3.05) is 0 Å². The second-order valence-electron chi connectivity index (χ2n) is 2.43. The minimum absolute atomic E-state index is 0.282. The number of benzene rings is 1. The van der Waals surface area contributed by atoms with Gasteiger partial charge in [-0.2, -0.15) is 0 Å². The normalized spacial score (nSPS) is 14.6. The highest BCUT2D eigenvalue weighted by molar-refractivity contribution is 7.74. The van der Waals surface area contributed by atoms with Crippen molar-refractivity contribution in [2.24, 2.45) is 0 Å². The second-order valence-corrected chi connectivity index (χ2v) is 3.03. The summed E-state index contributed by atoms with van der Waals surface area (Å²) in [5.41, 5.74) is 0.282. The first kappa shape index (κ1) is 10.8. The van der Waals surface area contributed by atoms with Crippen LogP contribution in [0.4, 0.5) is 0 Å². The van der Waals surface area contributed by atoms with Crippen LogP contribution in [0.2, 0.25) is 0 Å². The zero-order chi connectivity index (χ0) is 10.6. The highest BCUT2D eigenvalue weighted by atomic mass is 32.2. The van der Waals surface area contributed by atoms with Crippen LogP contribution in [-0.4, -0.2) is 19.8 Å². The first-order chi connectivity index (χ1) is 6.61. The van der Waals surface area contributed by atoms with Crippen molar-refractivity contribution in [3.63, 3.8) is 0 Å². The number of rotatable bonds is 4. The maximum Gasteiger partial charge on any atom is 0.338 e. The molecule has 0 bridgehead atoms. The van der Waals surface area contributed by atoms with Gasteiger partial charge in [-0.25, -0.2) is 9.00 Å². The molecule has 5 nitrogen and oxygen atoms in total. The van der Waals surface area contributed by atoms with E-state index in [0.717, 1.165) is 0 Å². The molecule has 0 saturated carbocycles. The van der Waals surface area contributed by atoms with E-state index in [0.29, 0.717) is 0 Å². The van der Waals surface area contributed by atoms with Crippen molar-refractivity contribution in [2.45, 2.75) is 6.10 Å². The van der Waals surface area contributed by atoms with Gasteiger partial charge < -0.3 is 9.66 Å². The molecule has 0 saturated heterocycles. The average Bonchev–Trinajstić information content (AvgIpc) is 2.15. The van der Waals surface area contributed by atoms with Gasteiger partial charge in [0.1, 0.15) is 0 Å². The second kappa shape index (κ2) is 4.85. The van der Waals surface area contributed by atoms with Crippen LogP contribution in [0.15, 0.2) is 30.3 Å². The minimum Gasteiger partial charge on any atom is -0.750 e. The summed E-state index contributed by atoms with van der Waals surface area (Å²) in [6.07, 6.45) is -1.48. The Morgan fingerprint density at radius 3 is 2.43 bits per heavy atom. The van der Waals surface area contributed by atoms with Gasteiger partial charge in [-0.3, -0.25) is 4.18 Å². The van der Waals surface area contributed by atoms with Gasteiger partial charge >= 0.3 is 5.97 Å². The Morgan fingerprint density at radius 2 is 2.00 bits per heavy atom. The van der Waals surface area contributed by atoms with E-state index in [9.17, 15) is 13.6 Å². The first-order valence-corrected chi connectivity index (χ1v) is 4.65. The predicted octanol–water partition coefficient (Wildman–Crippen LogP) is 0.623. The topological polar surface area (TPSA) is 86.7 Å². The van der Waals surface area contributed by atoms with E-state index < -0.39 is 23.4 Å². The fourth-order valence-corrected chi connectivity index (χ4v) is 1.30. The smallest absolute Gasteiger partial charge is 0.338 e. The van der Waals surface area contributed by atoms with E-state index in [2.05, 4.69) is 4.18 Å². The lowest BCUT2D eigenvalue weighted by Gasteiger charge is -2.14. The van der Waals surface area contributed by atoms with Gasteiger partial charge in [-0.1, -0.05) is 30.3 Å². The van der Waals surface area contributed by atoms with Gasteiger partial charge in [0.15, 0.2) is 6.10 Å². The van der Waals surface area contributed by atoms with Crippen LogP contribution in [0.1, 0.15) is 11.7 Å². The van der Waals surface area contributed by atoms with Gasteiger partial charge in [-0.05, 0) is 5.56 Å². The van der Waals surface area contributed by atoms with Gasteiger partial charge in [-0.15, -0.1) is 0 Å². The van der Waals surface area contributed by atoms with Crippen LogP contribution in [0.3, 0.4) is 0 Å². The fourth-order valence-electron chi connectivity index (χ4n) is 0.946. The van der Waals surface area contributed by atoms with Gasteiger partial charge in [0.2, 0.25) is 0 Å². The van der Waals surface area contributed by atoms with Crippen LogP contribution in [0, 0.1) is 0 Å². The van der Waals surface area contributed by atoms with Crippen LogP contribution in [-0.2, 0) is 20.3 Å². The molecule has 1 N–H and O–H groups in total. The van der Waals surface area contributed by atoms with E-state index in [1.165, 1.54) is 12.1 Å². The van der Waals surface area contributed by atoms with Crippen LogP contribution >= 0.6 is 0 Å². The maximum absolute atomic E-state index is 10.6. The van der Waals surface area contributed by atoms with Gasteiger partial charge in [0.05, 0.1) is 11.4 Å². The molecule has 0 aliphatic heterocycles. The molecule has 0 aliphatic carbocycles. The molecule has 76 valence electrons. The molecule has 0 aliphatic rings. The zero-order valence-electron chi connectivity index (χ0n) is 6.95. The molecular formula is C8H7O5S-. The Hall–Kier alpha value is -1.24.